The molecule has 1 aromatic rings. The van der Waals surface area contributed by atoms with E-state index in [9.17, 15) is 9.59 Å². The third-order valence-corrected chi connectivity index (χ3v) is 5.62. The van der Waals surface area contributed by atoms with Gasteiger partial charge in [0, 0.05) is 12.1 Å². The van der Waals surface area contributed by atoms with Crippen LogP contribution < -0.4 is 10.6 Å². The van der Waals surface area contributed by atoms with Crippen LogP contribution in [0, 0.1) is 0 Å². The lowest BCUT2D eigenvalue weighted by Crippen LogP contribution is -2.36. The Labute approximate surface area is 140 Å². The largest absolute Gasteiger partial charge is 0.347 e. The molecule has 2 amide bonds. The van der Waals surface area contributed by atoms with E-state index in [1.54, 1.807) is 0 Å². The Bertz CT molecular complexity index is 502. The minimum Gasteiger partial charge on any atom is -0.347 e. The maximum Gasteiger partial charge on any atom is 0.282 e. The van der Waals surface area contributed by atoms with Crippen LogP contribution in [0.3, 0.4) is 0 Å². The Balaban J connectivity index is 1.53. The fraction of sp³-hybridized carbons (Fsp3) is 0.750. The third kappa shape index (κ3) is 4.50. The number of nitrogens with zero attached hydrogens (tertiary/aromatic N) is 2. The van der Waals surface area contributed by atoms with E-state index in [1.807, 2.05) is 0 Å². The second-order valence-electron chi connectivity index (χ2n) is 6.53. The van der Waals surface area contributed by atoms with Gasteiger partial charge in [0.25, 0.3) is 11.8 Å². The minimum atomic E-state index is -0.203. The summed E-state index contributed by atoms with van der Waals surface area (Å²) in [6.07, 6.45) is 11.3. The Morgan fingerprint density at radius 1 is 0.739 bits per heavy atom. The summed E-state index contributed by atoms with van der Waals surface area (Å²) in [6.45, 7) is 0. The van der Waals surface area contributed by atoms with Crippen LogP contribution >= 0.6 is 11.3 Å². The van der Waals surface area contributed by atoms with Gasteiger partial charge in [-0.05, 0) is 25.7 Å². The highest BCUT2D eigenvalue weighted by Gasteiger charge is 2.23. The smallest absolute Gasteiger partial charge is 0.282 e. The first-order valence-corrected chi connectivity index (χ1v) is 9.49. The normalized spacial score (nSPS) is 20.2. The molecule has 0 atom stereocenters. The summed E-state index contributed by atoms with van der Waals surface area (Å²) in [6, 6.07) is 0.472. The Morgan fingerprint density at radius 3 is 1.52 bits per heavy atom. The first-order chi connectivity index (χ1) is 11.2. The summed E-state index contributed by atoms with van der Waals surface area (Å²) >= 11 is 1.08. The van der Waals surface area contributed by atoms with E-state index < -0.39 is 0 Å². The molecule has 2 aliphatic carbocycles. The second-order valence-corrected chi connectivity index (χ2v) is 7.51. The molecule has 126 valence electrons. The van der Waals surface area contributed by atoms with Gasteiger partial charge in [0.2, 0.25) is 10.0 Å². The van der Waals surface area contributed by atoms with Crippen molar-refractivity contribution in [2.45, 2.75) is 76.3 Å². The Hall–Kier alpha value is -1.50. The molecule has 0 radical (unpaired) electrons. The standard InChI is InChI=1S/C16H24N4O2S/c21-13(17-11-7-3-1-4-8-11)15-19-20-16(23-15)14(22)18-12-9-5-2-6-10-12/h11-12H,1-10H2,(H,17,21)(H,18,22). The first kappa shape index (κ1) is 16.4. The predicted molar refractivity (Wildman–Crippen MR) is 88.6 cm³/mol. The number of aromatic nitrogens is 2. The van der Waals surface area contributed by atoms with Gasteiger partial charge in [-0.3, -0.25) is 9.59 Å². The van der Waals surface area contributed by atoms with Crippen molar-refractivity contribution < 1.29 is 9.59 Å². The van der Waals surface area contributed by atoms with E-state index in [4.69, 9.17) is 0 Å². The minimum absolute atomic E-state index is 0.203. The summed E-state index contributed by atoms with van der Waals surface area (Å²) < 4.78 is 0. The van der Waals surface area contributed by atoms with Crippen molar-refractivity contribution in [3.05, 3.63) is 10.0 Å². The number of rotatable bonds is 4. The fourth-order valence-corrected chi connectivity index (χ4v) is 4.04. The van der Waals surface area contributed by atoms with E-state index in [2.05, 4.69) is 20.8 Å². The molecule has 6 nitrogen and oxygen atoms in total. The molecule has 0 bridgehead atoms. The molecule has 2 fully saturated rings. The monoisotopic (exact) mass is 336 g/mol. The van der Waals surface area contributed by atoms with Crippen molar-refractivity contribution in [1.29, 1.82) is 0 Å². The van der Waals surface area contributed by atoms with Gasteiger partial charge < -0.3 is 10.6 Å². The van der Waals surface area contributed by atoms with Gasteiger partial charge in [0.1, 0.15) is 0 Å². The van der Waals surface area contributed by atoms with E-state index >= 15 is 0 Å². The predicted octanol–water partition coefficient (Wildman–Crippen LogP) is 2.66. The molecule has 0 aliphatic heterocycles. The van der Waals surface area contributed by atoms with Crippen molar-refractivity contribution >= 4 is 23.2 Å². The third-order valence-electron chi connectivity index (χ3n) is 4.69. The number of carbonyl (C=O) groups is 2. The Kier molecular flexibility index (Phi) is 5.59. The van der Waals surface area contributed by atoms with Crippen molar-refractivity contribution in [3.63, 3.8) is 0 Å². The highest BCUT2D eigenvalue weighted by molar-refractivity contribution is 7.15. The summed E-state index contributed by atoms with van der Waals surface area (Å²) in [7, 11) is 0. The van der Waals surface area contributed by atoms with Crippen LogP contribution in [0.5, 0.6) is 0 Å². The number of nitrogens with one attached hydrogen (secondary N) is 2. The lowest BCUT2D eigenvalue weighted by Gasteiger charge is -2.22. The molecule has 2 saturated carbocycles. The van der Waals surface area contributed by atoms with Crippen LogP contribution in [-0.4, -0.2) is 34.1 Å². The van der Waals surface area contributed by atoms with Crippen LogP contribution in [0.4, 0.5) is 0 Å². The van der Waals surface area contributed by atoms with Gasteiger partial charge >= 0.3 is 0 Å². The van der Waals surface area contributed by atoms with Crippen LogP contribution in [0.25, 0.3) is 0 Å². The zero-order chi connectivity index (χ0) is 16.1. The van der Waals surface area contributed by atoms with Gasteiger partial charge in [-0.25, -0.2) is 0 Å². The maximum absolute atomic E-state index is 12.2. The molecule has 2 N–H and O–H groups in total. The SMILES string of the molecule is O=C(NC1CCCCC1)c1nnc(C(=O)NC2CCCCC2)s1. The highest BCUT2D eigenvalue weighted by Crippen LogP contribution is 2.20. The second kappa shape index (κ2) is 7.86. The fourth-order valence-electron chi connectivity index (χ4n) is 3.39. The van der Waals surface area contributed by atoms with Gasteiger partial charge in [-0.15, -0.1) is 10.2 Å². The van der Waals surface area contributed by atoms with Gasteiger partial charge in [0.15, 0.2) is 0 Å². The lowest BCUT2D eigenvalue weighted by atomic mass is 9.95. The number of hydrogen-bond donors (Lipinski definition) is 2. The summed E-state index contributed by atoms with van der Waals surface area (Å²) in [5.41, 5.74) is 0. The molecule has 7 heteroatoms. The Morgan fingerprint density at radius 2 is 1.13 bits per heavy atom. The van der Waals surface area contributed by atoms with E-state index in [-0.39, 0.29) is 33.9 Å². The molecule has 0 spiro atoms. The molecule has 23 heavy (non-hydrogen) atoms. The molecule has 2 aliphatic rings. The van der Waals surface area contributed by atoms with Crippen molar-refractivity contribution in [1.82, 2.24) is 20.8 Å². The van der Waals surface area contributed by atoms with Gasteiger partial charge in [0.05, 0.1) is 0 Å². The average Bonchev–Trinajstić information content (AvgIpc) is 3.07. The van der Waals surface area contributed by atoms with Crippen molar-refractivity contribution in [2.75, 3.05) is 0 Å². The maximum atomic E-state index is 12.2. The summed E-state index contributed by atoms with van der Waals surface area (Å²) in [4.78, 5) is 24.4. The molecule has 0 saturated heterocycles. The molecular weight excluding hydrogens is 312 g/mol. The van der Waals surface area contributed by atoms with Crippen molar-refractivity contribution in [3.8, 4) is 0 Å². The average molecular weight is 336 g/mol. The molecule has 0 unspecified atom stereocenters. The number of amides is 2. The van der Waals surface area contributed by atoms with E-state index in [0.29, 0.717) is 0 Å². The molecule has 1 aromatic heterocycles. The number of hydrogen-bond acceptors (Lipinski definition) is 5. The topological polar surface area (TPSA) is 84.0 Å². The summed E-state index contributed by atoms with van der Waals surface area (Å²) in [5.74, 6) is -0.405. The number of carbonyl (C=O) groups excluding carboxylic acids is 2. The quantitative estimate of drug-likeness (QED) is 0.885. The molecule has 0 aromatic carbocycles. The van der Waals surface area contributed by atoms with Gasteiger partial charge in [-0.2, -0.15) is 0 Å². The van der Waals surface area contributed by atoms with Crippen LogP contribution in [0.2, 0.25) is 0 Å². The lowest BCUT2D eigenvalue weighted by molar-refractivity contribution is 0.0916. The van der Waals surface area contributed by atoms with Gasteiger partial charge in [-0.1, -0.05) is 49.9 Å². The van der Waals surface area contributed by atoms with Crippen LogP contribution in [0.1, 0.15) is 83.8 Å². The first-order valence-electron chi connectivity index (χ1n) is 8.67. The highest BCUT2D eigenvalue weighted by atomic mass is 32.1. The van der Waals surface area contributed by atoms with Crippen molar-refractivity contribution in [2.24, 2.45) is 0 Å². The zero-order valence-electron chi connectivity index (χ0n) is 13.3. The molecular formula is C16H24N4O2S. The van der Waals surface area contributed by atoms with Crippen LogP contribution in [0.15, 0.2) is 0 Å². The molecule has 1 heterocycles. The summed E-state index contributed by atoms with van der Waals surface area (Å²) in [5, 5.41) is 14.4. The van der Waals surface area contributed by atoms with Crippen LogP contribution in [-0.2, 0) is 0 Å². The zero-order valence-corrected chi connectivity index (χ0v) is 14.2. The van der Waals surface area contributed by atoms with E-state index in [0.717, 1.165) is 62.7 Å². The van der Waals surface area contributed by atoms with E-state index in [1.165, 1.54) is 12.8 Å². The molecule has 3 rings (SSSR count).